The third-order valence-electron chi connectivity index (χ3n) is 3.00. The van der Waals surface area contributed by atoms with Crippen molar-refractivity contribution in [1.82, 2.24) is 9.21 Å². The Morgan fingerprint density at radius 2 is 1.68 bits per heavy atom. The van der Waals surface area contributed by atoms with Crippen molar-refractivity contribution in [3.63, 3.8) is 0 Å². The van der Waals surface area contributed by atoms with Crippen LogP contribution < -0.4 is 0 Å². The second-order valence-corrected chi connectivity index (χ2v) is 6.95. The topological polar surface area (TPSA) is 40.6 Å². The zero-order valence-corrected chi connectivity index (χ0v) is 13.5. The van der Waals surface area contributed by atoms with Crippen LogP contribution in [0.5, 0.6) is 0 Å². The van der Waals surface area contributed by atoms with E-state index in [1.54, 1.807) is 12.1 Å². The highest BCUT2D eigenvalue weighted by molar-refractivity contribution is 7.89. The highest BCUT2D eigenvalue weighted by atomic mass is 35.5. The van der Waals surface area contributed by atoms with E-state index in [1.807, 2.05) is 7.05 Å². The molecule has 8 heteroatoms. The van der Waals surface area contributed by atoms with Crippen molar-refractivity contribution in [3.05, 3.63) is 28.2 Å². The summed E-state index contributed by atoms with van der Waals surface area (Å²) in [4.78, 5) is 2.17. The summed E-state index contributed by atoms with van der Waals surface area (Å²) < 4.78 is 26.3. The molecule has 0 bridgehead atoms. The molecular formula is C11H15Cl3N2O2S. The Morgan fingerprint density at radius 1 is 1.11 bits per heavy atom. The van der Waals surface area contributed by atoms with E-state index in [0.717, 1.165) is 13.1 Å². The third-order valence-corrected chi connectivity index (χ3v) is 5.87. The van der Waals surface area contributed by atoms with Gasteiger partial charge in [0.05, 0.1) is 10.0 Å². The molecule has 0 saturated carbocycles. The quantitative estimate of drug-likeness (QED) is 0.826. The molecule has 4 nitrogen and oxygen atoms in total. The second kappa shape index (κ2) is 6.61. The van der Waals surface area contributed by atoms with Gasteiger partial charge in [-0.25, -0.2) is 8.42 Å². The lowest BCUT2D eigenvalue weighted by Gasteiger charge is -2.31. The van der Waals surface area contributed by atoms with Gasteiger partial charge < -0.3 is 4.90 Å². The number of benzene rings is 1. The van der Waals surface area contributed by atoms with E-state index >= 15 is 0 Å². The average molecular weight is 346 g/mol. The van der Waals surface area contributed by atoms with E-state index in [4.69, 9.17) is 23.2 Å². The van der Waals surface area contributed by atoms with Crippen LogP contribution >= 0.6 is 35.6 Å². The third kappa shape index (κ3) is 3.54. The molecule has 1 aliphatic heterocycles. The first-order valence-corrected chi connectivity index (χ1v) is 7.75. The summed E-state index contributed by atoms with van der Waals surface area (Å²) in [6.07, 6.45) is 0. The van der Waals surface area contributed by atoms with Gasteiger partial charge in [-0.1, -0.05) is 29.3 Å². The lowest BCUT2D eigenvalue weighted by molar-refractivity contribution is 0.222. The lowest BCUT2D eigenvalue weighted by Crippen LogP contribution is -2.47. The maximum atomic E-state index is 12.4. The highest BCUT2D eigenvalue weighted by Gasteiger charge is 2.29. The Kier molecular flexibility index (Phi) is 5.92. The van der Waals surface area contributed by atoms with Gasteiger partial charge in [0, 0.05) is 26.2 Å². The van der Waals surface area contributed by atoms with Crippen molar-refractivity contribution in [2.24, 2.45) is 0 Å². The van der Waals surface area contributed by atoms with E-state index in [-0.39, 0.29) is 27.3 Å². The molecular weight excluding hydrogens is 331 g/mol. The van der Waals surface area contributed by atoms with Gasteiger partial charge in [-0.15, -0.1) is 12.4 Å². The van der Waals surface area contributed by atoms with Crippen molar-refractivity contribution < 1.29 is 8.42 Å². The Hall–Kier alpha value is -0.0400. The summed E-state index contributed by atoms with van der Waals surface area (Å²) in [6.45, 7) is 2.39. The summed E-state index contributed by atoms with van der Waals surface area (Å²) in [5.74, 6) is 0. The molecule has 0 spiro atoms. The van der Waals surface area contributed by atoms with Crippen molar-refractivity contribution in [3.8, 4) is 0 Å². The van der Waals surface area contributed by atoms with Gasteiger partial charge >= 0.3 is 0 Å². The van der Waals surface area contributed by atoms with Crippen molar-refractivity contribution in [2.75, 3.05) is 33.2 Å². The molecule has 2 rings (SSSR count). The molecule has 1 aromatic rings. The molecule has 1 heterocycles. The summed E-state index contributed by atoms with van der Waals surface area (Å²) in [6, 6.07) is 4.66. The lowest BCUT2D eigenvalue weighted by atomic mass is 10.4. The summed E-state index contributed by atoms with van der Waals surface area (Å²) in [5.41, 5.74) is 0. The van der Waals surface area contributed by atoms with Crippen LogP contribution in [0.4, 0.5) is 0 Å². The van der Waals surface area contributed by atoms with E-state index in [1.165, 1.54) is 10.4 Å². The molecule has 0 aromatic heterocycles. The molecule has 0 unspecified atom stereocenters. The van der Waals surface area contributed by atoms with Gasteiger partial charge in [-0.05, 0) is 19.2 Å². The maximum absolute atomic E-state index is 12.4. The molecule has 108 valence electrons. The zero-order chi connectivity index (χ0) is 13.3. The van der Waals surface area contributed by atoms with Crippen molar-refractivity contribution >= 4 is 45.6 Å². The van der Waals surface area contributed by atoms with Crippen LogP contribution in [0, 0.1) is 0 Å². The molecule has 1 aromatic carbocycles. The zero-order valence-electron chi connectivity index (χ0n) is 10.3. The minimum absolute atomic E-state index is 0. The van der Waals surface area contributed by atoms with Gasteiger partial charge in [0.2, 0.25) is 10.0 Å². The smallest absolute Gasteiger partial charge is 0.244 e. The van der Waals surface area contributed by atoms with Crippen molar-refractivity contribution in [1.29, 1.82) is 0 Å². The number of piperazine rings is 1. The first-order chi connectivity index (χ1) is 8.43. The van der Waals surface area contributed by atoms with Gasteiger partial charge in [0.15, 0.2) is 0 Å². The summed E-state index contributed by atoms with van der Waals surface area (Å²) in [5, 5.41) is 0.352. The molecule has 19 heavy (non-hydrogen) atoms. The molecule has 0 amide bonds. The Morgan fingerprint density at radius 3 is 2.26 bits per heavy atom. The number of hydrogen-bond donors (Lipinski definition) is 0. The van der Waals surface area contributed by atoms with E-state index < -0.39 is 10.0 Å². The van der Waals surface area contributed by atoms with Crippen molar-refractivity contribution in [2.45, 2.75) is 4.90 Å². The number of likely N-dealkylation sites (N-methyl/N-ethyl adjacent to an activating group) is 1. The number of nitrogens with zero attached hydrogens (tertiary/aromatic N) is 2. The summed E-state index contributed by atoms with van der Waals surface area (Å²) in [7, 11) is -1.58. The van der Waals surface area contributed by atoms with Gasteiger partial charge in [-0.3, -0.25) is 0 Å². The first-order valence-electron chi connectivity index (χ1n) is 5.55. The summed E-state index contributed by atoms with van der Waals surface area (Å²) >= 11 is 11.8. The predicted octanol–water partition coefficient (Wildman–Crippen LogP) is 2.35. The standard InChI is InChI=1S/C11H14Cl2N2O2S.ClH/c1-14-5-7-15(8-6-14)18(16,17)10-4-2-3-9(12)11(10)13;/h2-4H,5-8H2,1H3;1H. The molecule has 1 fully saturated rings. The molecule has 0 N–H and O–H groups in total. The fraction of sp³-hybridized carbons (Fsp3) is 0.455. The SMILES string of the molecule is CN1CCN(S(=O)(=O)c2cccc(Cl)c2Cl)CC1.Cl. The van der Waals surface area contributed by atoms with E-state index in [0.29, 0.717) is 13.1 Å². The fourth-order valence-electron chi connectivity index (χ4n) is 1.85. The fourth-order valence-corrected chi connectivity index (χ4v) is 4.01. The number of rotatable bonds is 2. The number of hydrogen-bond acceptors (Lipinski definition) is 3. The van der Waals surface area contributed by atoms with Crippen LogP contribution in [0.3, 0.4) is 0 Å². The first kappa shape index (κ1) is 17.0. The number of halogens is 3. The van der Waals surface area contributed by atoms with Crippen LogP contribution in [0.25, 0.3) is 0 Å². The minimum atomic E-state index is -3.55. The predicted molar refractivity (Wildman–Crippen MR) is 80.0 cm³/mol. The van der Waals surface area contributed by atoms with Crippen LogP contribution in [-0.4, -0.2) is 50.8 Å². The normalized spacial score (nSPS) is 18.1. The van der Waals surface area contributed by atoms with Gasteiger partial charge in [-0.2, -0.15) is 4.31 Å². The molecule has 0 aliphatic carbocycles. The average Bonchev–Trinajstić information content (AvgIpc) is 2.33. The van der Waals surface area contributed by atoms with E-state index in [2.05, 4.69) is 4.90 Å². The Labute approximate surface area is 129 Å². The van der Waals surface area contributed by atoms with E-state index in [9.17, 15) is 8.42 Å². The number of sulfonamides is 1. The Balaban J connectivity index is 0.00000180. The monoisotopic (exact) mass is 344 g/mol. The van der Waals surface area contributed by atoms with Gasteiger partial charge in [0.25, 0.3) is 0 Å². The molecule has 1 aliphatic rings. The molecule has 0 atom stereocenters. The molecule has 0 radical (unpaired) electrons. The molecule has 1 saturated heterocycles. The second-order valence-electron chi connectivity index (χ2n) is 4.26. The highest BCUT2D eigenvalue weighted by Crippen LogP contribution is 2.31. The van der Waals surface area contributed by atoms with Gasteiger partial charge in [0.1, 0.15) is 4.90 Å². The van der Waals surface area contributed by atoms with Crippen LogP contribution in [0.2, 0.25) is 10.0 Å². The maximum Gasteiger partial charge on any atom is 0.244 e. The van der Waals surface area contributed by atoms with Crippen LogP contribution in [-0.2, 0) is 10.0 Å². The van der Waals surface area contributed by atoms with Crippen LogP contribution in [0.15, 0.2) is 23.1 Å². The van der Waals surface area contributed by atoms with Crippen LogP contribution in [0.1, 0.15) is 0 Å². The largest absolute Gasteiger partial charge is 0.304 e. The minimum Gasteiger partial charge on any atom is -0.304 e. The Bertz CT molecular complexity index is 543.